The lowest BCUT2D eigenvalue weighted by Gasteiger charge is -2.20. The molecule has 1 fully saturated rings. The van der Waals surface area contributed by atoms with Crippen LogP contribution in [0.25, 0.3) is 0 Å². The molecule has 0 atom stereocenters. The van der Waals surface area contributed by atoms with Crippen LogP contribution in [-0.4, -0.2) is 43.0 Å². The zero-order valence-corrected chi connectivity index (χ0v) is 58.9. The van der Waals surface area contributed by atoms with E-state index in [0.717, 1.165) is 35.8 Å². The summed E-state index contributed by atoms with van der Waals surface area (Å²) in [5, 5.41) is 0. The van der Waals surface area contributed by atoms with E-state index >= 15 is 0 Å². The molecule has 0 amide bonds. The van der Waals surface area contributed by atoms with E-state index in [2.05, 4.69) is 452 Å². The molecule has 1 aliphatic heterocycles. The van der Waals surface area contributed by atoms with E-state index in [1.54, 1.807) is 19.2 Å². The van der Waals surface area contributed by atoms with E-state index in [0.29, 0.717) is 21.9 Å². The molecule has 4 aromatic rings. The Morgan fingerprint density at radius 1 is 0.336 bits per heavy atom. The minimum atomic E-state index is 0.116. The highest BCUT2D eigenvalue weighted by atomic mass is 79.9. The van der Waals surface area contributed by atoms with Gasteiger partial charge in [-0.25, -0.2) is 19.9 Å². The van der Waals surface area contributed by atoms with Gasteiger partial charge in [-0.15, -0.1) is 19.3 Å². The SMILES string of the molecule is C#C.C#CC#CC#CC#CC#CC#CC#CC#CC#CC#CC#CC#CC#CC#CC#CC#CC#CC#CC#CC#CC#CC#CC#CC#CC#CC#CC#CC#CC#CC#CC#CC.CC(C)c1cnc(Br)cc1Oc1cnc(N)nc1N.CC(C)c1cnc(N2CCCC2)cc1Oc1cnc(N)nc1N. The maximum absolute atomic E-state index is 5.98. The molecule has 1 saturated heterocycles. The Kier molecular flexibility index (Phi) is 46.5. The van der Waals surface area contributed by atoms with Gasteiger partial charge in [-0.2, -0.15) is 9.97 Å². The van der Waals surface area contributed by atoms with Crippen LogP contribution >= 0.6 is 15.9 Å². The van der Waals surface area contributed by atoms with E-state index in [-0.39, 0.29) is 35.4 Å². The smallest absolute Gasteiger partial charge is 0.222 e. The third kappa shape index (κ3) is 44.0. The number of nitrogen functional groups attached to an aromatic ring is 4. The van der Waals surface area contributed by atoms with Gasteiger partial charge in [-0.3, -0.25) is 0 Å². The van der Waals surface area contributed by atoms with Crippen molar-refractivity contribution in [3.05, 3.63) is 52.7 Å². The van der Waals surface area contributed by atoms with E-state index in [4.69, 9.17) is 38.8 Å². The molecular weight excluding hydrogens is 1380 g/mol. The van der Waals surface area contributed by atoms with Crippen molar-refractivity contribution in [2.24, 2.45) is 0 Å². The van der Waals surface area contributed by atoms with Crippen molar-refractivity contribution in [3.63, 3.8) is 0 Å². The van der Waals surface area contributed by atoms with Crippen molar-refractivity contribution in [1.29, 1.82) is 0 Å². The monoisotopic (exact) mass is 1420 g/mol. The Hall–Kier alpha value is -18.5. The number of pyridine rings is 2. The normalized spacial score (nSPS) is 7.36. The highest BCUT2D eigenvalue weighted by Crippen LogP contribution is 2.36. The summed E-state index contributed by atoms with van der Waals surface area (Å²) in [7, 11) is 0. The molecule has 488 valence electrons. The summed E-state index contributed by atoms with van der Waals surface area (Å²) in [4.78, 5) is 26.7. The molecule has 5 heterocycles. The summed E-state index contributed by atoms with van der Waals surface area (Å²) in [6.07, 6.45) is 21.9. The second kappa shape index (κ2) is 58.8. The zero-order valence-electron chi connectivity index (χ0n) is 57.3. The van der Waals surface area contributed by atoms with Crippen LogP contribution in [0.4, 0.5) is 29.4 Å². The predicted octanol–water partition coefficient (Wildman–Crippen LogP) is 6.26. The molecule has 0 unspecified atom stereocenters. The van der Waals surface area contributed by atoms with Gasteiger partial charge < -0.3 is 37.3 Å². The number of halogens is 1. The van der Waals surface area contributed by atoms with Gasteiger partial charge in [0.05, 0.1) is 12.4 Å². The second-order valence-electron chi connectivity index (χ2n) is 18.1. The Bertz CT molecular complexity index is 6320. The van der Waals surface area contributed by atoms with E-state index in [1.165, 1.54) is 25.2 Å². The van der Waals surface area contributed by atoms with Gasteiger partial charge >= 0.3 is 0 Å². The van der Waals surface area contributed by atoms with Crippen LogP contribution in [-0.2, 0) is 0 Å². The Labute approximate surface area is 636 Å². The highest BCUT2D eigenvalue weighted by Gasteiger charge is 2.19. The van der Waals surface area contributed by atoms with Gasteiger partial charge in [0.2, 0.25) is 11.9 Å². The highest BCUT2D eigenvalue weighted by molar-refractivity contribution is 9.10. The van der Waals surface area contributed by atoms with Crippen LogP contribution in [0.3, 0.4) is 0 Å². The maximum atomic E-state index is 5.98. The molecule has 14 heteroatoms. The predicted molar refractivity (Wildman–Crippen MR) is 425 cm³/mol. The van der Waals surface area contributed by atoms with Crippen LogP contribution < -0.4 is 37.3 Å². The summed E-state index contributed by atoms with van der Waals surface area (Å²) in [5.74, 6) is 156. The third-order valence-corrected chi connectivity index (χ3v) is 10.7. The number of nitrogens with zero attached hydrogens (tertiary/aromatic N) is 7. The van der Waals surface area contributed by atoms with Crippen LogP contribution in [0.2, 0.25) is 0 Å². The molecule has 107 heavy (non-hydrogen) atoms. The van der Waals surface area contributed by atoms with Crippen molar-refractivity contribution in [2.75, 3.05) is 40.9 Å². The first-order valence-corrected chi connectivity index (χ1v) is 30.4. The topological polar surface area (TPSA) is 203 Å². The number of nitrogens with two attached hydrogens (primary N) is 4. The fourth-order valence-corrected chi connectivity index (χ4v) is 6.40. The molecule has 0 spiro atoms. The fraction of sp³-hybridized carbons (Fsp3) is 0.118. The standard InChI is InChI=1S/C63H4.C16H22N6O.C12H14BrN5O.C2H2/c1-3-5-7-9-11-13-15-17-19-21-23-25-27-29-31-33-35-37-39-41-43-45-47-49-51-53-55-57-59-61-63-62-60-58-56-54-52-50-48-46-44-42-40-38-36-34-32-30-28-26-24-22-20-18-16-14-12-10-8-6-4-2;1-10(2)11-8-19-14(22-5-3-4-6-22)7-12(11)23-13-9-20-16(18)21-15(13)17;1-6(2)7-4-16-10(13)3-8(7)19-9-5-17-12(15)18-11(9)14;1-2/h1H,2H3;7-10H,3-6H2,1-2H3,(H4,17,18,20,21);3-6H,1-2H3,(H4,14,15,17,18);1-2H. The molecule has 0 bridgehead atoms. The van der Waals surface area contributed by atoms with Crippen molar-refractivity contribution in [2.45, 2.75) is 59.3 Å². The fourth-order valence-electron chi connectivity index (χ4n) is 6.09. The number of hydrogen-bond acceptors (Lipinski definition) is 13. The van der Waals surface area contributed by atoms with Crippen LogP contribution in [0, 0.1) is 380 Å². The van der Waals surface area contributed by atoms with Crippen molar-refractivity contribution in [3.8, 4) is 403 Å². The largest absolute Gasteiger partial charge is 0.451 e. The van der Waals surface area contributed by atoms with Crippen LogP contribution in [0.1, 0.15) is 70.4 Å². The van der Waals surface area contributed by atoms with E-state index in [1.807, 2.05) is 12.3 Å². The van der Waals surface area contributed by atoms with Gasteiger partial charge in [-0.05, 0) is 142 Å². The first-order valence-electron chi connectivity index (χ1n) is 29.7. The summed E-state index contributed by atoms with van der Waals surface area (Å²) in [6, 6.07) is 3.75. The summed E-state index contributed by atoms with van der Waals surface area (Å²) < 4.78 is 12.4. The molecule has 5 rings (SSSR count). The third-order valence-electron chi connectivity index (χ3n) is 10.3. The summed E-state index contributed by atoms with van der Waals surface area (Å²) >= 11 is 3.32. The molecule has 0 radical (unpaired) electrons. The van der Waals surface area contributed by atoms with Crippen molar-refractivity contribution in [1.82, 2.24) is 29.9 Å². The number of rotatable bonds is 7. The zero-order chi connectivity index (χ0) is 77.5. The van der Waals surface area contributed by atoms with Gasteiger partial charge in [0.15, 0.2) is 23.1 Å². The minimum Gasteiger partial charge on any atom is -0.451 e. The second-order valence-corrected chi connectivity index (χ2v) is 18.9. The number of hydrogen-bond donors (Lipinski definition) is 4. The molecule has 13 nitrogen and oxygen atoms in total. The number of terminal acetylenes is 2. The quantitative estimate of drug-likeness (QED) is 0.120. The Balaban J connectivity index is 0.000000700. The lowest BCUT2D eigenvalue weighted by Crippen LogP contribution is -2.19. The van der Waals surface area contributed by atoms with E-state index < -0.39 is 0 Å². The number of ether oxygens (including phenoxy) is 2. The summed E-state index contributed by atoms with van der Waals surface area (Å²) in [5.41, 5.74) is 24.6. The number of aromatic nitrogens is 6. The average molecular weight is 1430 g/mol. The van der Waals surface area contributed by atoms with Gasteiger partial charge in [-0.1, -0.05) is 33.6 Å². The molecule has 0 aliphatic carbocycles. The lowest BCUT2D eigenvalue weighted by molar-refractivity contribution is 0.469. The first kappa shape index (κ1) is 84.5. The Morgan fingerprint density at radius 2 is 0.570 bits per heavy atom. The Morgan fingerprint density at radius 3 is 0.804 bits per heavy atom. The average Bonchev–Trinajstić information content (AvgIpc) is 1.79. The molecule has 1 aliphatic rings. The minimum absolute atomic E-state index is 0.116. The summed E-state index contributed by atoms with van der Waals surface area (Å²) in [6.45, 7) is 12.1. The van der Waals surface area contributed by atoms with Crippen molar-refractivity contribution >= 4 is 45.3 Å². The first-order chi connectivity index (χ1) is 52.4. The van der Waals surface area contributed by atoms with Crippen LogP contribution in [0.5, 0.6) is 23.0 Å². The maximum Gasteiger partial charge on any atom is 0.222 e. The lowest BCUT2D eigenvalue weighted by atomic mass is 10.0. The van der Waals surface area contributed by atoms with Crippen molar-refractivity contribution < 1.29 is 9.47 Å². The van der Waals surface area contributed by atoms with Gasteiger partial charge in [0.1, 0.15) is 21.9 Å². The molecular formula is C93H42BrN11O2. The van der Waals surface area contributed by atoms with Gasteiger partial charge in [0.25, 0.3) is 0 Å². The molecule has 0 aromatic carbocycles. The molecule has 4 aromatic heterocycles. The molecule has 0 saturated carbocycles. The van der Waals surface area contributed by atoms with E-state index in [9.17, 15) is 0 Å². The van der Waals surface area contributed by atoms with Crippen LogP contribution in [0.15, 0.2) is 41.5 Å². The van der Waals surface area contributed by atoms with Gasteiger partial charge in [0, 0.05) is 309 Å². The molecule has 8 N–H and O–H groups in total. The number of anilines is 5.